The van der Waals surface area contributed by atoms with E-state index in [-0.39, 0.29) is 17.3 Å². The Kier molecular flexibility index (Phi) is 5.30. The number of rotatable bonds is 6. The number of carbonyl (C=O) groups is 1. The monoisotopic (exact) mass is 338 g/mol. The van der Waals surface area contributed by atoms with Gasteiger partial charge in [-0.25, -0.2) is 17.5 Å². The first-order valence-electron chi connectivity index (χ1n) is 6.63. The number of hydrogen-bond acceptors (Lipinski definition) is 4. The van der Waals surface area contributed by atoms with Crippen LogP contribution >= 0.6 is 0 Å². The average molecular weight is 338 g/mol. The molecule has 0 fully saturated rings. The molecule has 0 aliphatic rings. The molecule has 23 heavy (non-hydrogen) atoms. The zero-order chi connectivity index (χ0) is 16.9. The van der Waals surface area contributed by atoms with Gasteiger partial charge in [-0.15, -0.1) is 0 Å². The number of anilines is 1. The molecule has 0 radical (unpaired) electrons. The van der Waals surface area contributed by atoms with Gasteiger partial charge in [0.05, 0.1) is 4.90 Å². The molecule has 6 nitrogen and oxygen atoms in total. The van der Waals surface area contributed by atoms with Gasteiger partial charge < -0.3 is 10.1 Å². The van der Waals surface area contributed by atoms with Gasteiger partial charge in [0.1, 0.15) is 0 Å². The number of hydrogen-bond donors (Lipinski definition) is 2. The van der Waals surface area contributed by atoms with E-state index in [2.05, 4.69) is 10.0 Å². The van der Waals surface area contributed by atoms with Crippen LogP contribution in [-0.4, -0.2) is 28.0 Å². The molecule has 0 unspecified atom stereocenters. The van der Waals surface area contributed by atoms with E-state index >= 15 is 0 Å². The third-order valence-electron chi connectivity index (χ3n) is 2.91. The zero-order valence-corrected chi connectivity index (χ0v) is 13.1. The summed E-state index contributed by atoms with van der Waals surface area (Å²) in [6.45, 7) is -0.364. The Hall–Kier alpha value is -2.45. The van der Waals surface area contributed by atoms with Gasteiger partial charge in [-0.3, -0.25) is 4.79 Å². The molecule has 0 saturated heterocycles. The van der Waals surface area contributed by atoms with E-state index in [9.17, 15) is 17.6 Å². The minimum atomic E-state index is -3.52. The minimum absolute atomic E-state index is 0.0156. The van der Waals surface area contributed by atoms with Crippen LogP contribution in [0.1, 0.15) is 0 Å². The van der Waals surface area contributed by atoms with Gasteiger partial charge in [0.2, 0.25) is 10.0 Å². The molecule has 0 atom stereocenters. The van der Waals surface area contributed by atoms with Crippen LogP contribution in [0.5, 0.6) is 5.75 Å². The third kappa shape index (κ3) is 4.51. The average Bonchev–Trinajstić information content (AvgIpc) is 2.54. The number of ether oxygens (including phenoxy) is 1. The van der Waals surface area contributed by atoms with Crippen LogP contribution < -0.4 is 14.8 Å². The summed E-state index contributed by atoms with van der Waals surface area (Å²) in [6, 6.07) is 11.4. The lowest BCUT2D eigenvalue weighted by Gasteiger charge is -2.09. The number of amides is 1. The Morgan fingerprint density at radius 2 is 1.78 bits per heavy atom. The molecule has 8 heteroatoms. The maximum absolute atomic E-state index is 13.3. The van der Waals surface area contributed by atoms with E-state index in [0.29, 0.717) is 5.69 Å². The first kappa shape index (κ1) is 16.9. The Balaban J connectivity index is 1.94. The maximum Gasteiger partial charge on any atom is 0.262 e. The molecule has 0 saturated carbocycles. The quantitative estimate of drug-likeness (QED) is 0.840. The van der Waals surface area contributed by atoms with Crippen LogP contribution in [0.25, 0.3) is 0 Å². The van der Waals surface area contributed by atoms with Crippen molar-refractivity contribution in [3.05, 3.63) is 54.3 Å². The minimum Gasteiger partial charge on any atom is -0.481 e. The molecular weight excluding hydrogens is 323 g/mol. The first-order chi connectivity index (χ1) is 10.9. The highest BCUT2D eigenvalue weighted by atomic mass is 32.2. The lowest BCUT2D eigenvalue weighted by atomic mass is 10.3. The van der Waals surface area contributed by atoms with Crippen LogP contribution in [-0.2, 0) is 14.8 Å². The topological polar surface area (TPSA) is 84.5 Å². The summed E-state index contributed by atoms with van der Waals surface area (Å²) in [5.74, 6) is -1.06. The van der Waals surface area contributed by atoms with Crippen LogP contribution in [0.15, 0.2) is 53.4 Å². The predicted molar refractivity (Wildman–Crippen MR) is 83.2 cm³/mol. The number of sulfonamides is 1. The summed E-state index contributed by atoms with van der Waals surface area (Å²) in [7, 11) is -2.21. The van der Waals surface area contributed by atoms with Gasteiger partial charge >= 0.3 is 0 Å². The van der Waals surface area contributed by atoms with Crippen LogP contribution in [0.3, 0.4) is 0 Å². The Morgan fingerprint density at radius 3 is 2.39 bits per heavy atom. The summed E-state index contributed by atoms with van der Waals surface area (Å²) in [4.78, 5) is 11.8. The second-order valence-electron chi connectivity index (χ2n) is 4.50. The fourth-order valence-electron chi connectivity index (χ4n) is 1.74. The van der Waals surface area contributed by atoms with E-state index in [1.165, 1.54) is 49.5 Å². The molecule has 0 aliphatic heterocycles. The van der Waals surface area contributed by atoms with E-state index in [4.69, 9.17) is 4.74 Å². The lowest BCUT2D eigenvalue weighted by molar-refractivity contribution is -0.118. The summed E-state index contributed by atoms with van der Waals surface area (Å²) < 4.78 is 43.7. The predicted octanol–water partition coefficient (Wildman–Crippen LogP) is 1.75. The molecule has 2 rings (SSSR count). The van der Waals surface area contributed by atoms with Crippen molar-refractivity contribution < 1.29 is 22.3 Å². The van der Waals surface area contributed by atoms with Crippen molar-refractivity contribution in [2.45, 2.75) is 4.90 Å². The third-order valence-corrected chi connectivity index (χ3v) is 4.34. The molecule has 0 bridgehead atoms. The summed E-state index contributed by atoms with van der Waals surface area (Å²) in [5, 5.41) is 2.53. The van der Waals surface area contributed by atoms with E-state index in [1.54, 1.807) is 6.07 Å². The van der Waals surface area contributed by atoms with Crippen molar-refractivity contribution in [1.29, 1.82) is 0 Å². The van der Waals surface area contributed by atoms with Gasteiger partial charge in [0.15, 0.2) is 18.2 Å². The number of carbonyl (C=O) groups excluding carboxylic acids is 1. The second-order valence-corrected chi connectivity index (χ2v) is 6.39. The van der Waals surface area contributed by atoms with E-state index in [1.807, 2.05) is 0 Å². The van der Waals surface area contributed by atoms with E-state index < -0.39 is 21.7 Å². The summed E-state index contributed by atoms with van der Waals surface area (Å²) >= 11 is 0. The molecule has 2 N–H and O–H groups in total. The molecule has 0 spiro atoms. The zero-order valence-electron chi connectivity index (χ0n) is 12.2. The summed E-state index contributed by atoms with van der Waals surface area (Å²) in [6.07, 6.45) is 0. The van der Waals surface area contributed by atoms with Crippen LogP contribution in [0.4, 0.5) is 10.1 Å². The number of benzene rings is 2. The van der Waals surface area contributed by atoms with Gasteiger partial charge in [-0.2, -0.15) is 0 Å². The molecule has 2 aromatic rings. The smallest absolute Gasteiger partial charge is 0.262 e. The Bertz CT molecular complexity index is 791. The van der Waals surface area contributed by atoms with Gasteiger partial charge in [0, 0.05) is 5.69 Å². The molecule has 0 heterocycles. The SMILES string of the molecule is CNS(=O)(=O)c1ccc(NC(=O)COc2ccccc2F)cc1. The normalized spacial score (nSPS) is 11.0. The number of nitrogens with one attached hydrogen (secondary N) is 2. The Labute approximate surface area is 133 Å². The van der Waals surface area contributed by atoms with E-state index in [0.717, 1.165) is 0 Å². The summed E-state index contributed by atoms with van der Waals surface area (Å²) in [5.41, 5.74) is 0.405. The highest BCUT2D eigenvalue weighted by Crippen LogP contribution is 2.16. The highest BCUT2D eigenvalue weighted by molar-refractivity contribution is 7.89. The van der Waals surface area contributed by atoms with Gasteiger partial charge in [-0.05, 0) is 43.4 Å². The van der Waals surface area contributed by atoms with Gasteiger partial charge in [0.25, 0.3) is 5.91 Å². The van der Waals surface area contributed by atoms with Gasteiger partial charge in [-0.1, -0.05) is 12.1 Å². The van der Waals surface area contributed by atoms with Crippen molar-refractivity contribution in [3.63, 3.8) is 0 Å². The molecule has 0 aliphatic carbocycles. The second kappa shape index (κ2) is 7.21. The van der Waals surface area contributed by atoms with Crippen molar-refractivity contribution in [2.75, 3.05) is 19.0 Å². The number of para-hydroxylation sites is 1. The standard InChI is InChI=1S/C15H15FN2O4S/c1-17-23(20,21)12-8-6-11(7-9-12)18-15(19)10-22-14-5-3-2-4-13(14)16/h2-9,17H,10H2,1H3,(H,18,19). The van der Waals surface area contributed by atoms with Crippen molar-refractivity contribution in [1.82, 2.24) is 4.72 Å². The van der Waals surface area contributed by atoms with Crippen molar-refractivity contribution in [3.8, 4) is 5.75 Å². The Morgan fingerprint density at radius 1 is 1.13 bits per heavy atom. The molecule has 0 aromatic heterocycles. The number of halogens is 1. The fourth-order valence-corrected chi connectivity index (χ4v) is 2.47. The van der Waals surface area contributed by atoms with Crippen molar-refractivity contribution >= 4 is 21.6 Å². The molecule has 2 aromatic carbocycles. The maximum atomic E-state index is 13.3. The lowest BCUT2D eigenvalue weighted by Crippen LogP contribution is -2.21. The largest absolute Gasteiger partial charge is 0.481 e. The highest BCUT2D eigenvalue weighted by Gasteiger charge is 2.11. The molecular formula is C15H15FN2O4S. The molecule has 1 amide bonds. The van der Waals surface area contributed by atoms with Crippen LogP contribution in [0.2, 0.25) is 0 Å². The van der Waals surface area contributed by atoms with Crippen molar-refractivity contribution in [2.24, 2.45) is 0 Å². The fraction of sp³-hybridized carbons (Fsp3) is 0.133. The molecule has 122 valence electrons. The first-order valence-corrected chi connectivity index (χ1v) is 8.11. The van der Waals surface area contributed by atoms with Crippen LogP contribution in [0, 0.1) is 5.82 Å².